The monoisotopic (exact) mass is 538 g/mol. The van der Waals surface area contributed by atoms with E-state index in [2.05, 4.69) is 25.9 Å². The Balaban J connectivity index is 1.79. The molecule has 2 bridgehead atoms. The van der Waals surface area contributed by atoms with Gasteiger partial charge >= 0.3 is 18.3 Å². The molecule has 2 aliphatic rings. The third-order valence-corrected chi connectivity index (χ3v) is 6.07. The first-order chi connectivity index (χ1) is 15.3. The number of piperazine rings is 1. The van der Waals surface area contributed by atoms with Gasteiger partial charge in [0.05, 0.1) is 35.3 Å². The van der Waals surface area contributed by atoms with Gasteiger partial charge in [-0.1, -0.05) is 0 Å². The van der Waals surface area contributed by atoms with Gasteiger partial charge in [0.1, 0.15) is 16.9 Å². The summed E-state index contributed by atoms with van der Waals surface area (Å²) in [4.78, 5) is 22.8. The maximum absolute atomic E-state index is 14.8. The molecule has 2 aliphatic heterocycles. The highest BCUT2D eigenvalue weighted by molar-refractivity contribution is 9.10. The molecule has 2 unspecified atom stereocenters. The van der Waals surface area contributed by atoms with Gasteiger partial charge in [0.25, 0.3) is 0 Å². The number of ether oxygens (including phenoxy) is 2. The van der Waals surface area contributed by atoms with Crippen molar-refractivity contribution in [2.75, 3.05) is 31.2 Å². The molecule has 33 heavy (non-hydrogen) atoms. The molecule has 4 rings (SSSR count). The molecule has 2 fully saturated rings. The fourth-order valence-electron chi connectivity index (χ4n) is 4.05. The first-order valence-corrected chi connectivity index (χ1v) is 10.8. The number of aromatic nitrogens is 2. The Morgan fingerprint density at radius 1 is 1.15 bits per heavy atom. The normalized spacial score (nSPS) is 21.5. The molecule has 0 spiro atoms. The standard InChI is InChI=1S/C20H20BrF5N4O3/c1-19(2,3)33-18(31)29-5-9-7-32-8-10(6-29)30(9)16-11-4-12(20(24,25)26)13(21)14(22)15(11)27-17(23)28-16/h4,9-10H,5-8H2,1-3H3. The minimum atomic E-state index is -4.87. The van der Waals surface area contributed by atoms with Gasteiger partial charge in [0.2, 0.25) is 0 Å². The van der Waals surface area contributed by atoms with E-state index in [0.29, 0.717) is 6.07 Å². The van der Waals surface area contributed by atoms with Crippen LogP contribution < -0.4 is 4.90 Å². The first kappa shape index (κ1) is 23.9. The number of fused-ring (bicyclic) bond motifs is 3. The SMILES string of the molecule is CC(C)(C)OC(=O)N1CC2COCC(C1)N2c1nc(F)nc2c(F)c(Br)c(C(F)(F)F)cc12. The second-order valence-electron chi connectivity index (χ2n) is 8.90. The molecule has 1 aromatic carbocycles. The van der Waals surface area contributed by atoms with E-state index in [0.717, 1.165) is 0 Å². The minimum absolute atomic E-state index is 0.101. The Hall–Kier alpha value is -2.28. The average molecular weight is 539 g/mol. The molecule has 2 aromatic rings. The van der Waals surface area contributed by atoms with E-state index in [1.54, 1.807) is 25.7 Å². The Kier molecular flexibility index (Phi) is 5.92. The van der Waals surface area contributed by atoms with E-state index in [-0.39, 0.29) is 37.5 Å². The highest BCUT2D eigenvalue weighted by atomic mass is 79.9. The number of nitrogens with zero attached hydrogens (tertiary/aromatic N) is 4. The van der Waals surface area contributed by atoms with Crippen molar-refractivity contribution in [3.05, 3.63) is 28.0 Å². The lowest BCUT2D eigenvalue weighted by molar-refractivity contribution is -0.138. The molecule has 0 radical (unpaired) electrons. The Morgan fingerprint density at radius 2 is 1.76 bits per heavy atom. The first-order valence-electron chi connectivity index (χ1n) is 10.0. The van der Waals surface area contributed by atoms with Crippen molar-refractivity contribution in [1.82, 2.24) is 14.9 Å². The predicted molar refractivity (Wildman–Crippen MR) is 111 cm³/mol. The van der Waals surface area contributed by atoms with Gasteiger partial charge < -0.3 is 19.3 Å². The van der Waals surface area contributed by atoms with Crippen molar-refractivity contribution in [2.45, 2.75) is 44.6 Å². The summed E-state index contributed by atoms with van der Waals surface area (Å²) in [6.07, 6.45) is -6.70. The maximum Gasteiger partial charge on any atom is 0.417 e. The van der Waals surface area contributed by atoms with Crippen LogP contribution in [0.2, 0.25) is 0 Å². The van der Waals surface area contributed by atoms with Gasteiger partial charge in [-0.25, -0.2) is 9.18 Å². The Bertz CT molecular complexity index is 1090. The zero-order valence-electron chi connectivity index (χ0n) is 17.8. The third-order valence-electron chi connectivity index (χ3n) is 5.30. The molecule has 3 heterocycles. The molecule has 180 valence electrons. The highest BCUT2D eigenvalue weighted by Gasteiger charge is 2.43. The number of alkyl halides is 3. The summed E-state index contributed by atoms with van der Waals surface area (Å²) in [5.41, 5.74) is -2.56. The fraction of sp³-hybridized carbons (Fsp3) is 0.550. The zero-order valence-corrected chi connectivity index (χ0v) is 19.4. The average Bonchev–Trinajstić information content (AvgIpc) is 2.67. The van der Waals surface area contributed by atoms with Gasteiger partial charge in [-0.15, -0.1) is 0 Å². The molecular weight excluding hydrogens is 519 g/mol. The van der Waals surface area contributed by atoms with Gasteiger partial charge in [-0.2, -0.15) is 27.5 Å². The van der Waals surface area contributed by atoms with Crippen LogP contribution in [0.25, 0.3) is 10.9 Å². The summed E-state index contributed by atoms with van der Waals surface area (Å²) in [6.45, 7) is 5.60. The molecule has 1 amide bonds. The van der Waals surface area contributed by atoms with E-state index in [4.69, 9.17) is 9.47 Å². The van der Waals surface area contributed by atoms with Crippen LogP contribution in [0.5, 0.6) is 0 Å². The molecule has 7 nitrogen and oxygen atoms in total. The maximum atomic E-state index is 14.8. The summed E-state index contributed by atoms with van der Waals surface area (Å²) in [7, 11) is 0. The number of amides is 1. The molecule has 13 heteroatoms. The Labute approximate surface area is 194 Å². The van der Waals surface area contributed by atoms with Crippen LogP contribution in [0, 0.1) is 11.9 Å². The van der Waals surface area contributed by atoms with Crippen LogP contribution in [0.15, 0.2) is 10.5 Å². The number of anilines is 1. The van der Waals surface area contributed by atoms with Crippen LogP contribution in [0.3, 0.4) is 0 Å². The van der Waals surface area contributed by atoms with Crippen molar-refractivity contribution in [3.63, 3.8) is 0 Å². The lowest BCUT2D eigenvalue weighted by Crippen LogP contribution is -2.66. The topological polar surface area (TPSA) is 67.8 Å². The molecular formula is C20H20BrF5N4O3. The van der Waals surface area contributed by atoms with Gasteiger partial charge in [-0.3, -0.25) is 0 Å². The summed E-state index contributed by atoms with van der Waals surface area (Å²) < 4.78 is 79.8. The number of benzene rings is 1. The van der Waals surface area contributed by atoms with Crippen molar-refractivity contribution < 1.29 is 36.2 Å². The number of halogens is 6. The van der Waals surface area contributed by atoms with Crippen LogP contribution in [-0.4, -0.2) is 64.9 Å². The van der Waals surface area contributed by atoms with Crippen molar-refractivity contribution in [3.8, 4) is 0 Å². The minimum Gasteiger partial charge on any atom is -0.444 e. The van der Waals surface area contributed by atoms with E-state index >= 15 is 0 Å². The fourth-order valence-corrected chi connectivity index (χ4v) is 4.58. The van der Waals surface area contributed by atoms with E-state index < -0.39 is 57.4 Å². The molecule has 0 saturated carbocycles. The van der Waals surface area contributed by atoms with E-state index in [9.17, 15) is 26.7 Å². The van der Waals surface area contributed by atoms with Crippen LogP contribution in [0.4, 0.5) is 32.6 Å². The van der Waals surface area contributed by atoms with E-state index in [1.165, 1.54) is 4.90 Å². The molecule has 1 aromatic heterocycles. The molecule has 0 N–H and O–H groups in total. The molecule has 2 atom stereocenters. The van der Waals surface area contributed by atoms with Gasteiger partial charge in [-0.05, 0) is 42.8 Å². The number of rotatable bonds is 1. The number of hydrogen-bond donors (Lipinski definition) is 0. The number of hydrogen-bond acceptors (Lipinski definition) is 6. The number of carbonyl (C=O) groups is 1. The summed E-state index contributed by atoms with van der Waals surface area (Å²) in [5, 5.41) is -0.285. The largest absolute Gasteiger partial charge is 0.444 e. The number of carbonyl (C=O) groups excluding carboxylic acids is 1. The van der Waals surface area contributed by atoms with Crippen LogP contribution in [0.1, 0.15) is 26.3 Å². The van der Waals surface area contributed by atoms with Crippen molar-refractivity contribution in [1.29, 1.82) is 0 Å². The summed E-state index contributed by atoms with van der Waals surface area (Å²) >= 11 is 2.61. The van der Waals surface area contributed by atoms with Gasteiger partial charge in [0, 0.05) is 18.5 Å². The second kappa shape index (κ2) is 8.19. The van der Waals surface area contributed by atoms with Crippen LogP contribution in [-0.2, 0) is 15.7 Å². The summed E-state index contributed by atoms with van der Waals surface area (Å²) in [5.74, 6) is -1.52. The van der Waals surface area contributed by atoms with Crippen molar-refractivity contribution >= 4 is 38.7 Å². The second-order valence-corrected chi connectivity index (χ2v) is 9.69. The molecule has 2 saturated heterocycles. The zero-order chi connectivity index (χ0) is 24.3. The summed E-state index contributed by atoms with van der Waals surface area (Å²) in [6, 6.07) is -0.430. The van der Waals surface area contributed by atoms with Crippen molar-refractivity contribution in [2.24, 2.45) is 0 Å². The quantitative estimate of drug-likeness (QED) is 0.393. The lowest BCUT2D eigenvalue weighted by Gasteiger charge is -2.50. The van der Waals surface area contributed by atoms with E-state index in [1.807, 2.05) is 0 Å². The number of morpholine rings is 1. The predicted octanol–water partition coefficient (Wildman–Crippen LogP) is 4.51. The van der Waals surface area contributed by atoms with Crippen LogP contribution >= 0.6 is 15.9 Å². The molecule has 0 aliphatic carbocycles. The lowest BCUT2D eigenvalue weighted by atomic mass is 10.0. The third kappa shape index (κ3) is 4.57. The van der Waals surface area contributed by atoms with Gasteiger partial charge in [0.15, 0.2) is 5.82 Å². The smallest absolute Gasteiger partial charge is 0.417 e. The highest BCUT2D eigenvalue weighted by Crippen LogP contribution is 2.42. The Morgan fingerprint density at radius 3 is 2.30 bits per heavy atom.